The third-order valence-electron chi connectivity index (χ3n) is 7.37. The summed E-state index contributed by atoms with van der Waals surface area (Å²) in [5.74, 6) is -1.52. The van der Waals surface area contributed by atoms with Crippen molar-refractivity contribution in [3.8, 4) is 5.75 Å². The highest BCUT2D eigenvalue weighted by atomic mass is 32.2. The number of aryl methyl sites for hydroxylation is 1. The Kier molecular flexibility index (Phi) is 7.40. The van der Waals surface area contributed by atoms with E-state index < -0.39 is 39.4 Å². The zero-order valence-electron chi connectivity index (χ0n) is 22.7. The summed E-state index contributed by atoms with van der Waals surface area (Å²) in [5.41, 5.74) is 2.27. The first-order valence-corrected chi connectivity index (χ1v) is 14.8. The van der Waals surface area contributed by atoms with Crippen LogP contribution in [0, 0.1) is 6.92 Å². The van der Waals surface area contributed by atoms with Gasteiger partial charge in [0.2, 0.25) is 10.0 Å². The van der Waals surface area contributed by atoms with E-state index in [1.54, 1.807) is 0 Å². The van der Waals surface area contributed by atoms with Crippen LogP contribution in [0.2, 0.25) is 0 Å². The Morgan fingerprint density at radius 1 is 1.05 bits per heavy atom. The van der Waals surface area contributed by atoms with Crippen molar-refractivity contribution in [3.63, 3.8) is 0 Å². The molecule has 2 aromatic carbocycles. The van der Waals surface area contributed by atoms with E-state index in [9.17, 15) is 31.2 Å². The van der Waals surface area contributed by atoms with Crippen LogP contribution in [0.25, 0.3) is 11.0 Å². The number of rotatable bonds is 5. The molecule has 0 atom stereocenters. The van der Waals surface area contributed by atoms with Crippen LogP contribution in [-0.2, 0) is 23.0 Å². The number of carbonyl (C=O) groups is 1. The minimum atomic E-state index is -5.12. The summed E-state index contributed by atoms with van der Waals surface area (Å²) >= 11 is 0. The fraction of sp³-hybridized carbons (Fsp3) is 0.407. The van der Waals surface area contributed by atoms with E-state index in [2.05, 4.69) is 21.6 Å². The van der Waals surface area contributed by atoms with Gasteiger partial charge in [0.25, 0.3) is 5.91 Å². The molecule has 0 unspecified atom stereocenters. The van der Waals surface area contributed by atoms with Crippen molar-refractivity contribution in [3.05, 3.63) is 63.0 Å². The molecular formula is C27H29F3N4O6S. The van der Waals surface area contributed by atoms with Crippen LogP contribution in [-0.4, -0.2) is 76.5 Å². The molecule has 2 aliphatic rings. The van der Waals surface area contributed by atoms with Crippen molar-refractivity contribution < 1.29 is 35.5 Å². The summed E-state index contributed by atoms with van der Waals surface area (Å²) in [6.07, 6.45) is -4.00. The van der Waals surface area contributed by atoms with Crippen LogP contribution >= 0.6 is 0 Å². The van der Waals surface area contributed by atoms with E-state index in [1.807, 2.05) is 23.8 Å². The number of amides is 1. The normalized spacial score (nSPS) is 16.5. The standard InChI is InChI=1S/C27H29F3N4O6S/c1-16-22(33-12-10-32(2)11-13-33)7-5-19-18-8-9-34(15-20(18)26(36)39-24(16)19)25(35)17-4-6-21(31-41(3,37)38)23(14-17)40-27(28,29)30/h4-7,14,31H,8-13,15H2,1-3H3. The molecule has 220 valence electrons. The van der Waals surface area contributed by atoms with E-state index >= 15 is 0 Å². The highest BCUT2D eigenvalue weighted by molar-refractivity contribution is 7.92. The quantitative estimate of drug-likeness (QED) is 0.448. The largest absolute Gasteiger partial charge is 0.573 e. The van der Waals surface area contributed by atoms with Gasteiger partial charge in [-0.1, -0.05) is 0 Å². The summed E-state index contributed by atoms with van der Waals surface area (Å²) < 4.78 is 73.9. The lowest BCUT2D eigenvalue weighted by atomic mass is 9.95. The molecule has 1 fully saturated rings. The number of carbonyl (C=O) groups excluding carboxylic acids is 1. The maximum atomic E-state index is 13.3. The number of halogens is 3. The summed E-state index contributed by atoms with van der Waals surface area (Å²) in [4.78, 5) is 32.3. The Labute approximate surface area is 234 Å². The fourth-order valence-electron chi connectivity index (χ4n) is 5.35. The first kappa shape index (κ1) is 28.7. The van der Waals surface area contributed by atoms with Gasteiger partial charge in [0.1, 0.15) is 5.58 Å². The minimum Gasteiger partial charge on any atom is -0.422 e. The number of sulfonamides is 1. The number of anilines is 2. The molecule has 0 spiro atoms. The number of fused-ring (bicyclic) bond motifs is 3. The molecule has 1 aromatic heterocycles. The van der Waals surface area contributed by atoms with Gasteiger partial charge < -0.3 is 23.9 Å². The van der Waals surface area contributed by atoms with Crippen LogP contribution in [0.1, 0.15) is 27.0 Å². The lowest BCUT2D eigenvalue weighted by molar-refractivity contribution is -0.274. The van der Waals surface area contributed by atoms with Crippen LogP contribution in [0.15, 0.2) is 39.5 Å². The average Bonchev–Trinajstić information content (AvgIpc) is 2.89. The van der Waals surface area contributed by atoms with Gasteiger partial charge in [-0.25, -0.2) is 13.2 Å². The molecule has 14 heteroatoms. The Balaban J connectivity index is 1.44. The number of alkyl halides is 3. The van der Waals surface area contributed by atoms with E-state index in [0.717, 1.165) is 66.8 Å². The molecule has 3 heterocycles. The lowest BCUT2D eigenvalue weighted by Gasteiger charge is -2.35. The monoisotopic (exact) mass is 594 g/mol. The van der Waals surface area contributed by atoms with Crippen molar-refractivity contribution in [2.75, 3.05) is 55.6 Å². The van der Waals surface area contributed by atoms with Crippen LogP contribution in [0.3, 0.4) is 0 Å². The van der Waals surface area contributed by atoms with Crippen molar-refractivity contribution in [2.45, 2.75) is 26.3 Å². The maximum Gasteiger partial charge on any atom is 0.573 e. The predicted molar refractivity (Wildman–Crippen MR) is 147 cm³/mol. The second-order valence-electron chi connectivity index (χ2n) is 10.3. The Morgan fingerprint density at radius 3 is 2.41 bits per heavy atom. The van der Waals surface area contributed by atoms with Crippen molar-refractivity contribution in [2.24, 2.45) is 0 Å². The van der Waals surface area contributed by atoms with Gasteiger partial charge in [0.05, 0.1) is 24.1 Å². The molecule has 1 N–H and O–H groups in total. The Morgan fingerprint density at radius 2 is 1.76 bits per heavy atom. The smallest absolute Gasteiger partial charge is 0.422 e. The zero-order valence-corrected chi connectivity index (χ0v) is 23.5. The Bertz CT molecular complexity index is 1680. The van der Waals surface area contributed by atoms with E-state index in [4.69, 9.17) is 4.42 Å². The van der Waals surface area contributed by atoms with Crippen molar-refractivity contribution in [1.29, 1.82) is 0 Å². The van der Waals surface area contributed by atoms with Gasteiger partial charge in [0, 0.05) is 54.9 Å². The van der Waals surface area contributed by atoms with E-state index in [0.29, 0.717) is 17.6 Å². The summed E-state index contributed by atoms with van der Waals surface area (Å²) in [7, 11) is -1.85. The summed E-state index contributed by atoms with van der Waals surface area (Å²) in [6, 6.07) is 7.00. The fourth-order valence-corrected chi connectivity index (χ4v) is 5.92. The number of likely N-dealkylation sites (N-methyl/N-ethyl adjacent to an activating group) is 1. The van der Waals surface area contributed by atoms with Crippen molar-refractivity contribution >= 4 is 38.3 Å². The zero-order chi connectivity index (χ0) is 29.7. The number of nitrogens with one attached hydrogen (secondary N) is 1. The van der Waals surface area contributed by atoms with Gasteiger partial charge in [0.15, 0.2) is 5.75 Å². The number of ether oxygens (including phenoxy) is 1. The van der Waals surface area contributed by atoms with Gasteiger partial charge >= 0.3 is 12.0 Å². The number of hydrogen-bond acceptors (Lipinski definition) is 8. The molecule has 3 aromatic rings. The second-order valence-corrected chi connectivity index (χ2v) is 12.1. The SMILES string of the molecule is Cc1c(N2CCN(C)CC2)ccc2c3c(c(=O)oc12)CN(C(=O)c1ccc(NS(C)(=O)=O)c(OC(F)(F)F)c1)CC3. The van der Waals surface area contributed by atoms with Crippen molar-refractivity contribution in [1.82, 2.24) is 9.80 Å². The molecule has 0 radical (unpaired) electrons. The molecular weight excluding hydrogens is 565 g/mol. The van der Waals surface area contributed by atoms with Gasteiger partial charge in [-0.05, 0) is 56.3 Å². The molecule has 41 heavy (non-hydrogen) atoms. The number of nitrogens with zero attached hydrogens (tertiary/aromatic N) is 3. The number of benzene rings is 2. The number of piperazine rings is 1. The molecule has 1 saturated heterocycles. The first-order chi connectivity index (χ1) is 19.2. The van der Waals surface area contributed by atoms with Gasteiger partial charge in [-0.3, -0.25) is 9.52 Å². The molecule has 5 rings (SSSR count). The third kappa shape index (κ3) is 6.12. The summed E-state index contributed by atoms with van der Waals surface area (Å²) in [6.45, 7) is 5.61. The lowest BCUT2D eigenvalue weighted by Crippen LogP contribution is -2.44. The molecule has 1 amide bonds. The maximum absolute atomic E-state index is 13.3. The highest BCUT2D eigenvalue weighted by Crippen LogP contribution is 2.35. The molecule has 0 saturated carbocycles. The van der Waals surface area contributed by atoms with E-state index in [1.165, 1.54) is 11.0 Å². The molecule has 2 aliphatic heterocycles. The van der Waals surface area contributed by atoms with Crippen LogP contribution < -0.4 is 20.0 Å². The Hall–Kier alpha value is -3.78. The highest BCUT2D eigenvalue weighted by Gasteiger charge is 2.34. The van der Waals surface area contributed by atoms with Gasteiger partial charge in [-0.2, -0.15) is 0 Å². The minimum absolute atomic E-state index is 0.0928. The first-order valence-electron chi connectivity index (χ1n) is 12.9. The van der Waals surface area contributed by atoms with Crippen LogP contribution in [0.5, 0.6) is 5.75 Å². The summed E-state index contributed by atoms with van der Waals surface area (Å²) in [5, 5.41) is 0.791. The average molecular weight is 595 g/mol. The third-order valence-corrected chi connectivity index (χ3v) is 7.96. The molecule has 10 nitrogen and oxygen atoms in total. The topological polar surface area (TPSA) is 112 Å². The van der Waals surface area contributed by atoms with Gasteiger partial charge in [-0.15, -0.1) is 13.2 Å². The van der Waals surface area contributed by atoms with Crippen LogP contribution in [0.4, 0.5) is 24.5 Å². The number of hydrogen-bond donors (Lipinski definition) is 1. The predicted octanol–water partition coefficient (Wildman–Crippen LogP) is 3.32. The second kappa shape index (κ2) is 10.6. The van der Waals surface area contributed by atoms with E-state index in [-0.39, 0.29) is 18.7 Å². The molecule has 0 aliphatic carbocycles. The molecule has 0 bridgehead atoms.